The molecular weight excluding hydrogens is 1290 g/mol. The van der Waals surface area contributed by atoms with Crippen LogP contribution in [0, 0.1) is 12.1 Å². The third kappa shape index (κ3) is 34.5. The summed E-state index contributed by atoms with van der Waals surface area (Å²) < 4.78 is 119. The summed E-state index contributed by atoms with van der Waals surface area (Å²) in [5.41, 5.74) is 6.06. The molecule has 21 nitrogen and oxygen atoms in total. The summed E-state index contributed by atoms with van der Waals surface area (Å²) in [6.45, 7) is 15.7. The van der Waals surface area contributed by atoms with Crippen molar-refractivity contribution in [3.63, 3.8) is 0 Å². The summed E-state index contributed by atoms with van der Waals surface area (Å²) >= 11 is 0. The predicted molar refractivity (Wildman–Crippen MR) is 321 cm³/mol. The SMILES string of the molecule is COCCOCCOCCOCCOCCOCCOCCOCCOCCOCCOCCOc1cc(CC2(Cc3cc(OCCOCCOC)cc(OCCOCCOC)c3)c3c[c-]ccc3-c3cc[c-]cc32)cc(OCCOCCOC)c1.[Y].[Y]. The van der Waals surface area contributed by atoms with Gasteiger partial charge in [0.15, 0.2) is 0 Å². The van der Waals surface area contributed by atoms with Gasteiger partial charge in [0, 0.05) is 106 Å². The van der Waals surface area contributed by atoms with Crippen molar-refractivity contribution >= 4 is 0 Å². The molecule has 0 aliphatic heterocycles. The minimum Gasteiger partial charge on any atom is -0.491 e. The molecule has 0 heterocycles. The van der Waals surface area contributed by atoms with Crippen molar-refractivity contribution in [2.45, 2.75) is 18.3 Å². The van der Waals surface area contributed by atoms with E-state index < -0.39 is 5.41 Å². The van der Waals surface area contributed by atoms with Crippen LogP contribution in [-0.2, 0) is 164 Å². The molecule has 490 valence electrons. The number of rotatable bonds is 59. The Morgan fingerprint density at radius 1 is 0.273 bits per heavy atom. The first-order valence-electron chi connectivity index (χ1n) is 29.9. The quantitative estimate of drug-likeness (QED) is 0.0350. The number of benzene rings is 4. The van der Waals surface area contributed by atoms with E-state index in [9.17, 15) is 0 Å². The van der Waals surface area contributed by atoms with Gasteiger partial charge in [0.05, 0.1) is 198 Å². The zero-order chi connectivity index (χ0) is 60.5. The number of hydrogen-bond acceptors (Lipinski definition) is 21. The van der Waals surface area contributed by atoms with Crippen LogP contribution in [0.25, 0.3) is 11.1 Å². The largest absolute Gasteiger partial charge is 0.491 e. The van der Waals surface area contributed by atoms with Gasteiger partial charge in [-0.1, -0.05) is 5.41 Å². The average Bonchev–Trinajstić information content (AvgIpc) is 1.83. The van der Waals surface area contributed by atoms with Crippen molar-refractivity contribution in [2.24, 2.45) is 0 Å². The van der Waals surface area contributed by atoms with Gasteiger partial charge in [-0.25, -0.2) is 0 Å². The van der Waals surface area contributed by atoms with Gasteiger partial charge in [0.25, 0.3) is 0 Å². The van der Waals surface area contributed by atoms with Crippen LogP contribution in [0.3, 0.4) is 0 Å². The van der Waals surface area contributed by atoms with E-state index in [1.165, 1.54) is 0 Å². The van der Waals surface area contributed by atoms with Crippen LogP contribution < -0.4 is 18.9 Å². The molecule has 1 aliphatic carbocycles. The predicted octanol–water partition coefficient (Wildman–Crippen LogP) is 6.35. The van der Waals surface area contributed by atoms with Crippen molar-refractivity contribution in [3.05, 3.63) is 107 Å². The topological polar surface area (TPSA) is 194 Å². The van der Waals surface area contributed by atoms with Crippen LogP contribution in [0.1, 0.15) is 22.3 Å². The van der Waals surface area contributed by atoms with Gasteiger partial charge in [0.1, 0.15) is 49.4 Å². The summed E-state index contributed by atoms with van der Waals surface area (Å²) in [6, 6.07) is 31.5. The van der Waals surface area contributed by atoms with Crippen LogP contribution in [0.4, 0.5) is 0 Å². The number of ether oxygens (including phenoxy) is 21. The van der Waals surface area contributed by atoms with Gasteiger partial charge >= 0.3 is 0 Å². The van der Waals surface area contributed by atoms with E-state index in [1.54, 1.807) is 28.4 Å². The Balaban J connectivity index is 0.0000101. The molecule has 23 heteroatoms. The molecule has 2 radical (unpaired) electrons. The fourth-order valence-electron chi connectivity index (χ4n) is 9.04. The third-order valence-electron chi connectivity index (χ3n) is 13.0. The molecule has 0 unspecified atom stereocenters. The molecule has 0 amide bonds. The van der Waals surface area contributed by atoms with E-state index in [1.807, 2.05) is 24.3 Å². The molecule has 4 aromatic carbocycles. The summed E-state index contributed by atoms with van der Waals surface area (Å²) in [4.78, 5) is 0. The first-order chi connectivity index (χ1) is 42.6. The Kier molecular flexibility index (Phi) is 49.0. The molecule has 88 heavy (non-hydrogen) atoms. The minimum absolute atomic E-state index is 0. The number of hydrogen-bond donors (Lipinski definition) is 0. The fourth-order valence-corrected chi connectivity index (χ4v) is 9.04. The molecule has 0 fully saturated rings. The molecule has 0 N–H and O–H groups in total. The van der Waals surface area contributed by atoms with E-state index in [2.05, 4.69) is 60.7 Å². The zero-order valence-electron chi connectivity index (χ0n) is 52.6. The van der Waals surface area contributed by atoms with Crippen LogP contribution in [-0.4, -0.2) is 253 Å². The average molecular weight is 1390 g/mol. The molecule has 5 rings (SSSR count). The molecule has 0 saturated carbocycles. The smallest absolute Gasteiger partial charge is 0.123 e. The van der Waals surface area contributed by atoms with E-state index in [-0.39, 0.29) is 65.4 Å². The summed E-state index contributed by atoms with van der Waals surface area (Å²) in [6.07, 6.45) is 1.18. The number of fused-ring (bicyclic) bond motifs is 3. The molecule has 0 bridgehead atoms. The molecule has 0 saturated heterocycles. The maximum atomic E-state index is 6.40. The number of methoxy groups -OCH3 is 4. The molecule has 0 atom stereocenters. The first-order valence-corrected chi connectivity index (χ1v) is 29.9. The minimum atomic E-state index is -0.579. The molecule has 1 aliphatic rings. The van der Waals surface area contributed by atoms with Crippen LogP contribution >= 0.6 is 0 Å². The van der Waals surface area contributed by atoms with Gasteiger partial charge < -0.3 is 99.5 Å². The van der Waals surface area contributed by atoms with Gasteiger partial charge in [-0.3, -0.25) is 0 Å². The van der Waals surface area contributed by atoms with Gasteiger partial charge in [-0.15, -0.1) is 11.1 Å². The standard InChI is InChI=1S/C65H96O21.2Y/c1-66-13-17-70-21-22-74-23-24-75-25-26-76-27-28-77-29-30-78-31-32-79-33-34-80-35-36-81-37-38-82-42-46-86-60-50-56(49-59(52-60)85-45-41-73-20-16-69-4)54-65(63-11-7-5-9-61(63)62-10-6-8-12-64(62)65)53-55-47-57(83-43-39-71-18-14-67-2)51-58(48-55)84-44-40-72-19-15-68-3;;/h5-6,9-12,47-52H,13-46,53-54H2,1-4H3;;/q-2;;. The van der Waals surface area contributed by atoms with E-state index in [4.69, 9.17) is 99.5 Å². The monoisotopic (exact) mass is 1390 g/mol. The van der Waals surface area contributed by atoms with Gasteiger partial charge in [0.2, 0.25) is 0 Å². The summed E-state index contributed by atoms with van der Waals surface area (Å²) in [5.74, 6) is 2.66. The maximum Gasteiger partial charge on any atom is 0.123 e. The van der Waals surface area contributed by atoms with Crippen LogP contribution in [0.5, 0.6) is 23.0 Å². The third-order valence-corrected chi connectivity index (χ3v) is 13.0. The Morgan fingerprint density at radius 3 is 0.693 bits per heavy atom. The normalized spacial score (nSPS) is 12.1. The van der Waals surface area contributed by atoms with E-state index in [0.717, 1.165) is 33.4 Å². The Bertz CT molecular complexity index is 2210. The second-order valence-corrected chi connectivity index (χ2v) is 19.3. The molecular formula is C65H96O21Y2-2. The van der Waals surface area contributed by atoms with Crippen molar-refractivity contribution in [1.29, 1.82) is 0 Å². The summed E-state index contributed by atoms with van der Waals surface area (Å²) in [5, 5.41) is 0. The summed E-state index contributed by atoms with van der Waals surface area (Å²) in [7, 11) is 6.60. The van der Waals surface area contributed by atoms with Gasteiger partial charge in [-0.2, -0.15) is 59.7 Å². The van der Waals surface area contributed by atoms with Crippen LogP contribution in [0.2, 0.25) is 0 Å². The Morgan fingerprint density at radius 2 is 0.477 bits per heavy atom. The zero-order valence-corrected chi connectivity index (χ0v) is 58.3. The second kappa shape index (κ2) is 54.0. The molecule has 4 aromatic rings. The fraction of sp³-hybridized carbons (Fsp3) is 0.631. The first kappa shape index (κ1) is 79.8. The maximum absolute atomic E-state index is 6.40. The van der Waals surface area contributed by atoms with Crippen LogP contribution in [0.15, 0.2) is 72.8 Å². The van der Waals surface area contributed by atoms with E-state index >= 15 is 0 Å². The van der Waals surface area contributed by atoms with Crippen molar-refractivity contribution < 1.29 is 165 Å². The Hall–Kier alpha value is -2.39. The molecule has 0 spiro atoms. The van der Waals surface area contributed by atoms with Gasteiger partial charge in [-0.05, 0) is 48.2 Å². The molecule has 0 aromatic heterocycles. The van der Waals surface area contributed by atoms with E-state index in [0.29, 0.717) is 260 Å². The Labute approximate surface area is 573 Å². The van der Waals surface area contributed by atoms with Crippen molar-refractivity contribution in [1.82, 2.24) is 0 Å². The van der Waals surface area contributed by atoms with Crippen molar-refractivity contribution in [3.8, 4) is 34.1 Å². The second-order valence-electron chi connectivity index (χ2n) is 19.3. The van der Waals surface area contributed by atoms with Crippen molar-refractivity contribution in [2.75, 3.05) is 253 Å².